The molecule has 1 rings (SSSR count). The minimum Gasteiger partial charge on any atom is -0.393 e. The van der Waals surface area contributed by atoms with Crippen LogP contribution in [0.1, 0.15) is 46.1 Å². The molecule has 0 aliphatic carbocycles. The van der Waals surface area contributed by atoms with E-state index in [1.807, 2.05) is 58.0 Å². The topological polar surface area (TPSA) is 38.7 Å². The molecule has 1 aromatic carbocycles. The van der Waals surface area contributed by atoms with Crippen LogP contribution >= 0.6 is 0 Å². The van der Waals surface area contributed by atoms with E-state index < -0.39 is 5.60 Å². The fourth-order valence-electron chi connectivity index (χ4n) is 1.68. The van der Waals surface area contributed by atoms with Crippen LogP contribution in [0.4, 0.5) is 0 Å². The van der Waals surface area contributed by atoms with Gasteiger partial charge in [-0.25, -0.2) is 9.78 Å². The van der Waals surface area contributed by atoms with Crippen molar-refractivity contribution in [2.75, 3.05) is 0 Å². The second-order valence-electron chi connectivity index (χ2n) is 5.16. The van der Waals surface area contributed by atoms with Crippen molar-refractivity contribution in [3.63, 3.8) is 0 Å². The second kappa shape index (κ2) is 6.88. The van der Waals surface area contributed by atoms with E-state index >= 15 is 0 Å². The summed E-state index contributed by atoms with van der Waals surface area (Å²) in [6.45, 7) is 7.78. The lowest BCUT2D eigenvalue weighted by Gasteiger charge is -2.26. The van der Waals surface area contributed by atoms with Gasteiger partial charge in [-0.3, -0.25) is 0 Å². The van der Waals surface area contributed by atoms with E-state index in [0.29, 0.717) is 6.42 Å². The molecule has 0 aromatic heterocycles. The van der Waals surface area contributed by atoms with E-state index in [1.54, 1.807) is 0 Å². The molecule has 3 heteroatoms. The van der Waals surface area contributed by atoms with Gasteiger partial charge in [0.25, 0.3) is 0 Å². The molecule has 0 amide bonds. The van der Waals surface area contributed by atoms with Gasteiger partial charge in [-0.15, -0.1) is 0 Å². The highest BCUT2D eigenvalue weighted by Crippen LogP contribution is 2.25. The fourth-order valence-corrected chi connectivity index (χ4v) is 1.68. The third-order valence-corrected chi connectivity index (χ3v) is 2.96. The Bertz CT molecular complexity index is 335. The van der Waals surface area contributed by atoms with Crippen LogP contribution in [-0.2, 0) is 15.4 Å². The van der Waals surface area contributed by atoms with Crippen LogP contribution in [0.5, 0.6) is 0 Å². The Kier molecular flexibility index (Phi) is 5.79. The van der Waals surface area contributed by atoms with Crippen molar-refractivity contribution in [3.05, 3.63) is 35.9 Å². The zero-order valence-electron chi connectivity index (χ0n) is 11.7. The van der Waals surface area contributed by atoms with E-state index in [-0.39, 0.29) is 12.2 Å². The van der Waals surface area contributed by atoms with Crippen molar-refractivity contribution in [1.29, 1.82) is 0 Å². The number of rotatable bonds is 7. The Morgan fingerprint density at radius 3 is 2.39 bits per heavy atom. The summed E-state index contributed by atoms with van der Waals surface area (Å²) in [6.07, 6.45) is 0.864. The third kappa shape index (κ3) is 4.77. The number of aliphatic hydroxyl groups is 1. The van der Waals surface area contributed by atoms with E-state index in [1.165, 1.54) is 0 Å². The van der Waals surface area contributed by atoms with Gasteiger partial charge in [-0.05, 0) is 32.8 Å². The molecule has 0 saturated heterocycles. The molecule has 0 spiro atoms. The summed E-state index contributed by atoms with van der Waals surface area (Å²) in [4.78, 5) is 10.9. The normalized spacial score (nSPS) is 15.4. The maximum absolute atomic E-state index is 9.54. The van der Waals surface area contributed by atoms with Crippen LogP contribution < -0.4 is 0 Å². The average Bonchev–Trinajstić information content (AvgIpc) is 2.37. The summed E-state index contributed by atoms with van der Waals surface area (Å²) in [6, 6.07) is 9.94. The van der Waals surface area contributed by atoms with Crippen LogP contribution in [0.3, 0.4) is 0 Å². The average molecular weight is 252 g/mol. The fraction of sp³-hybridized carbons (Fsp3) is 0.600. The van der Waals surface area contributed by atoms with Gasteiger partial charge in [0.15, 0.2) is 0 Å². The van der Waals surface area contributed by atoms with Crippen LogP contribution in [0, 0.1) is 0 Å². The minimum atomic E-state index is -0.493. The van der Waals surface area contributed by atoms with E-state index in [0.717, 1.165) is 12.0 Å². The van der Waals surface area contributed by atoms with E-state index in [2.05, 4.69) is 0 Å². The summed E-state index contributed by atoms with van der Waals surface area (Å²) in [5, 5.41) is 9.54. The third-order valence-electron chi connectivity index (χ3n) is 2.96. The number of benzene rings is 1. The highest BCUT2D eigenvalue weighted by Gasteiger charge is 2.24. The number of aliphatic hydroxyl groups excluding tert-OH is 1. The van der Waals surface area contributed by atoms with Crippen LogP contribution in [0.2, 0.25) is 0 Å². The molecule has 0 bridgehead atoms. The molecule has 0 radical (unpaired) electrons. The predicted octanol–water partition coefficient (Wildman–Crippen LogP) is 3.42. The standard InChI is InChI=1S/C15H24O3/c1-5-14(16)11-12(2)17-18-15(3,4)13-9-7-6-8-10-13/h6-10,12,14,16H,5,11H2,1-4H3. The Balaban J connectivity index is 2.47. The minimum absolute atomic E-state index is 0.122. The van der Waals surface area contributed by atoms with Crippen molar-refractivity contribution < 1.29 is 14.9 Å². The van der Waals surface area contributed by atoms with Gasteiger partial charge in [0.05, 0.1) is 12.2 Å². The summed E-state index contributed by atoms with van der Waals surface area (Å²) >= 11 is 0. The number of hydrogen-bond donors (Lipinski definition) is 1. The molecule has 1 N–H and O–H groups in total. The van der Waals surface area contributed by atoms with Crippen molar-refractivity contribution in [2.45, 2.75) is 58.3 Å². The molecular weight excluding hydrogens is 228 g/mol. The summed E-state index contributed by atoms with van der Waals surface area (Å²) in [7, 11) is 0. The summed E-state index contributed by atoms with van der Waals surface area (Å²) in [5.74, 6) is 0. The molecule has 0 aliphatic heterocycles. The van der Waals surface area contributed by atoms with Gasteiger partial charge >= 0.3 is 0 Å². The molecule has 0 saturated carbocycles. The Morgan fingerprint density at radius 2 is 1.83 bits per heavy atom. The number of hydrogen-bond acceptors (Lipinski definition) is 3. The van der Waals surface area contributed by atoms with Crippen molar-refractivity contribution in [2.24, 2.45) is 0 Å². The molecule has 0 aliphatic rings. The predicted molar refractivity (Wildman–Crippen MR) is 72.0 cm³/mol. The molecular formula is C15H24O3. The van der Waals surface area contributed by atoms with Crippen LogP contribution in [-0.4, -0.2) is 17.3 Å². The second-order valence-corrected chi connectivity index (χ2v) is 5.16. The van der Waals surface area contributed by atoms with Gasteiger partial charge in [-0.2, -0.15) is 0 Å². The largest absolute Gasteiger partial charge is 0.393 e. The Hall–Kier alpha value is -0.900. The van der Waals surface area contributed by atoms with E-state index in [4.69, 9.17) is 9.78 Å². The van der Waals surface area contributed by atoms with Gasteiger partial charge in [0.1, 0.15) is 5.60 Å². The molecule has 3 nitrogen and oxygen atoms in total. The summed E-state index contributed by atoms with van der Waals surface area (Å²) < 4.78 is 0. The molecule has 0 fully saturated rings. The highest BCUT2D eigenvalue weighted by atomic mass is 17.2. The zero-order chi connectivity index (χ0) is 13.6. The lowest BCUT2D eigenvalue weighted by molar-refractivity contribution is -0.381. The van der Waals surface area contributed by atoms with Crippen LogP contribution in [0.15, 0.2) is 30.3 Å². The molecule has 2 unspecified atom stereocenters. The van der Waals surface area contributed by atoms with Gasteiger partial charge < -0.3 is 5.11 Å². The summed E-state index contributed by atoms with van der Waals surface area (Å²) in [5.41, 5.74) is 0.570. The molecule has 102 valence electrons. The van der Waals surface area contributed by atoms with E-state index in [9.17, 15) is 5.11 Å². The SMILES string of the molecule is CCC(O)CC(C)OOC(C)(C)c1ccccc1. The smallest absolute Gasteiger partial charge is 0.123 e. The molecule has 2 atom stereocenters. The monoisotopic (exact) mass is 252 g/mol. The Morgan fingerprint density at radius 1 is 1.22 bits per heavy atom. The molecule has 18 heavy (non-hydrogen) atoms. The quantitative estimate of drug-likeness (QED) is 0.597. The maximum atomic E-state index is 9.54. The lowest BCUT2D eigenvalue weighted by atomic mass is 9.99. The van der Waals surface area contributed by atoms with Gasteiger partial charge in [0.2, 0.25) is 0 Å². The van der Waals surface area contributed by atoms with Crippen molar-refractivity contribution in [3.8, 4) is 0 Å². The Labute approximate surface area is 110 Å². The molecule has 0 heterocycles. The first-order valence-electron chi connectivity index (χ1n) is 6.53. The lowest BCUT2D eigenvalue weighted by Crippen LogP contribution is -2.26. The van der Waals surface area contributed by atoms with Gasteiger partial charge in [-0.1, -0.05) is 37.3 Å². The highest BCUT2D eigenvalue weighted by molar-refractivity contribution is 5.20. The van der Waals surface area contributed by atoms with Crippen molar-refractivity contribution in [1.82, 2.24) is 0 Å². The van der Waals surface area contributed by atoms with Gasteiger partial charge in [0, 0.05) is 6.42 Å². The first-order valence-corrected chi connectivity index (χ1v) is 6.53. The first kappa shape index (κ1) is 15.2. The van der Waals surface area contributed by atoms with Crippen molar-refractivity contribution >= 4 is 0 Å². The maximum Gasteiger partial charge on any atom is 0.123 e. The first-order chi connectivity index (χ1) is 8.45. The van der Waals surface area contributed by atoms with Crippen LogP contribution in [0.25, 0.3) is 0 Å². The molecule has 1 aromatic rings. The zero-order valence-corrected chi connectivity index (χ0v) is 11.7.